The van der Waals surface area contributed by atoms with Crippen molar-refractivity contribution in [2.75, 3.05) is 6.61 Å². The van der Waals surface area contributed by atoms with Gasteiger partial charge in [0.25, 0.3) is 0 Å². The second-order valence-corrected chi connectivity index (χ2v) is 8.83. The summed E-state index contributed by atoms with van der Waals surface area (Å²) in [5.74, 6) is 0.777. The molecule has 0 bridgehead atoms. The van der Waals surface area contributed by atoms with Gasteiger partial charge in [0.05, 0.1) is 11.5 Å². The van der Waals surface area contributed by atoms with Crippen LogP contribution in [0.25, 0.3) is 0 Å². The molecule has 136 valence electrons. The number of hydrogen-bond donors (Lipinski definition) is 1. The van der Waals surface area contributed by atoms with Gasteiger partial charge in [-0.15, -0.1) is 0 Å². The number of rotatable bonds is 6. The molecule has 0 saturated heterocycles. The lowest BCUT2D eigenvalue weighted by molar-refractivity contribution is 0.340. The maximum absolute atomic E-state index is 12.6. The SMILES string of the molecule is CCOc1ccc(C(C)NS(=O)(=O)c2ccc(C(C)(C)C)cc2)cc1. The molecule has 2 rings (SSSR count). The van der Waals surface area contributed by atoms with E-state index in [9.17, 15) is 8.42 Å². The first-order chi connectivity index (χ1) is 11.6. The van der Waals surface area contributed by atoms with E-state index in [1.165, 1.54) is 0 Å². The number of benzene rings is 2. The number of ether oxygens (including phenoxy) is 1. The Morgan fingerprint density at radius 1 is 1.00 bits per heavy atom. The maximum atomic E-state index is 12.6. The molecule has 25 heavy (non-hydrogen) atoms. The first-order valence-corrected chi connectivity index (χ1v) is 9.97. The molecular weight excluding hydrogens is 334 g/mol. The molecule has 0 heterocycles. The summed E-state index contributed by atoms with van der Waals surface area (Å²) in [6, 6.07) is 14.2. The van der Waals surface area contributed by atoms with Crippen molar-refractivity contribution >= 4 is 10.0 Å². The van der Waals surface area contributed by atoms with E-state index in [1.54, 1.807) is 12.1 Å². The molecule has 2 aromatic rings. The van der Waals surface area contributed by atoms with E-state index in [2.05, 4.69) is 25.5 Å². The Kier molecular flexibility index (Phi) is 5.91. The first-order valence-electron chi connectivity index (χ1n) is 8.49. The third-order valence-electron chi connectivity index (χ3n) is 4.05. The Bertz CT molecular complexity index is 788. The predicted octanol–water partition coefficient (Wildman–Crippen LogP) is 4.42. The van der Waals surface area contributed by atoms with Gasteiger partial charge < -0.3 is 4.74 Å². The van der Waals surface area contributed by atoms with Crippen LogP contribution in [0.2, 0.25) is 0 Å². The molecule has 0 spiro atoms. The molecule has 1 N–H and O–H groups in total. The van der Waals surface area contributed by atoms with Crippen molar-refractivity contribution in [1.82, 2.24) is 4.72 Å². The van der Waals surface area contributed by atoms with E-state index in [0.29, 0.717) is 6.61 Å². The van der Waals surface area contributed by atoms with Gasteiger partial charge in [0.15, 0.2) is 0 Å². The van der Waals surface area contributed by atoms with Gasteiger partial charge in [-0.1, -0.05) is 45.0 Å². The standard InChI is InChI=1S/C20H27NO3S/c1-6-24-18-11-7-16(8-12-18)15(2)21-25(22,23)19-13-9-17(10-14-19)20(3,4)5/h7-15,21H,6H2,1-5H3. The predicted molar refractivity (Wildman–Crippen MR) is 101 cm³/mol. The fraction of sp³-hybridized carbons (Fsp3) is 0.400. The number of nitrogens with one attached hydrogen (secondary N) is 1. The van der Waals surface area contributed by atoms with Crippen molar-refractivity contribution in [1.29, 1.82) is 0 Å². The van der Waals surface area contributed by atoms with Gasteiger partial charge in [-0.05, 0) is 54.7 Å². The molecule has 0 aliphatic carbocycles. The number of hydrogen-bond acceptors (Lipinski definition) is 3. The van der Waals surface area contributed by atoms with Crippen molar-refractivity contribution < 1.29 is 13.2 Å². The average Bonchev–Trinajstić information content (AvgIpc) is 2.55. The lowest BCUT2D eigenvalue weighted by atomic mass is 9.87. The third-order valence-corrected chi connectivity index (χ3v) is 5.61. The zero-order chi connectivity index (χ0) is 18.7. The van der Waals surface area contributed by atoms with Crippen molar-refractivity contribution in [3.05, 3.63) is 59.7 Å². The maximum Gasteiger partial charge on any atom is 0.241 e. The lowest BCUT2D eigenvalue weighted by Gasteiger charge is -2.20. The highest BCUT2D eigenvalue weighted by Crippen LogP contribution is 2.24. The normalized spacial score (nSPS) is 13.5. The number of sulfonamides is 1. The Morgan fingerprint density at radius 2 is 1.56 bits per heavy atom. The molecule has 1 unspecified atom stereocenters. The smallest absolute Gasteiger partial charge is 0.241 e. The molecule has 0 aromatic heterocycles. The molecule has 0 aliphatic heterocycles. The van der Waals surface area contributed by atoms with Crippen molar-refractivity contribution in [2.45, 2.75) is 51.0 Å². The van der Waals surface area contributed by atoms with E-state index in [1.807, 2.05) is 50.2 Å². The van der Waals surface area contributed by atoms with Gasteiger partial charge >= 0.3 is 0 Å². The minimum absolute atomic E-state index is 0.00861. The lowest BCUT2D eigenvalue weighted by Crippen LogP contribution is -2.27. The Hall–Kier alpha value is -1.85. The zero-order valence-electron chi connectivity index (χ0n) is 15.5. The summed E-state index contributed by atoms with van der Waals surface area (Å²) in [6.45, 7) is 10.7. The van der Waals surface area contributed by atoms with Crippen LogP contribution in [0.15, 0.2) is 53.4 Å². The summed E-state index contributed by atoms with van der Waals surface area (Å²) in [6.07, 6.45) is 0. The van der Waals surface area contributed by atoms with E-state index in [4.69, 9.17) is 4.74 Å². The monoisotopic (exact) mass is 361 g/mol. The molecule has 0 saturated carbocycles. The first kappa shape index (κ1) is 19.5. The third kappa shape index (κ3) is 5.06. The highest BCUT2D eigenvalue weighted by Gasteiger charge is 2.20. The minimum Gasteiger partial charge on any atom is -0.494 e. The van der Waals surface area contributed by atoms with Crippen LogP contribution in [0.1, 0.15) is 51.8 Å². The van der Waals surface area contributed by atoms with Gasteiger partial charge in [0.2, 0.25) is 10.0 Å². The molecule has 0 amide bonds. The van der Waals surface area contributed by atoms with Crippen molar-refractivity contribution in [2.24, 2.45) is 0 Å². The fourth-order valence-corrected chi connectivity index (χ4v) is 3.75. The van der Waals surface area contributed by atoms with Crippen LogP contribution in [0.4, 0.5) is 0 Å². The van der Waals surface area contributed by atoms with Crippen LogP contribution in [0.5, 0.6) is 5.75 Å². The van der Waals surface area contributed by atoms with E-state index < -0.39 is 10.0 Å². The molecule has 2 aromatic carbocycles. The van der Waals surface area contributed by atoms with Crippen LogP contribution in [0, 0.1) is 0 Å². The Balaban J connectivity index is 2.14. The highest BCUT2D eigenvalue weighted by molar-refractivity contribution is 7.89. The molecule has 0 fully saturated rings. The van der Waals surface area contributed by atoms with E-state index in [0.717, 1.165) is 16.9 Å². The van der Waals surface area contributed by atoms with Crippen LogP contribution < -0.4 is 9.46 Å². The molecule has 0 radical (unpaired) electrons. The average molecular weight is 362 g/mol. The summed E-state index contributed by atoms with van der Waals surface area (Å²) in [4.78, 5) is 0.276. The summed E-state index contributed by atoms with van der Waals surface area (Å²) < 4.78 is 33.4. The second kappa shape index (κ2) is 7.58. The molecule has 0 aliphatic rings. The largest absolute Gasteiger partial charge is 0.494 e. The van der Waals surface area contributed by atoms with Gasteiger partial charge in [0.1, 0.15) is 5.75 Å². The van der Waals surface area contributed by atoms with Gasteiger partial charge in [0, 0.05) is 6.04 Å². The van der Waals surface area contributed by atoms with Crippen molar-refractivity contribution in [3.63, 3.8) is 0 Å². The zero-order valence-corrected chi connectivity index (χ0v) is 16.4. The topological polar surface area (TPSA) is 55.4 Å². The summed E-state index contributed by atoms with van der Waals surface area (Å²) in [5, 5.41) is 0. The van der Waals surface area contributed by atoms with Crippen LogP contribution >= 0.6 is 0 Å². The molecule has 5 heteroatoms. The van der Waals surface area contributed by atoms with Gasteiger partial charge in [-0.3, -0.25) is 0 Å². The van der Waals surface area contributed by atoms with Crippen LogP contribution in [-0.4, -0.2) is 15.0 Å². The summed E-state index contributed by atoms with van der Waals surface area (Å²) >= 11 is 0. The van der Waals surface area contributed by atoms with E-state index >= 15 is 0 Å². The van der Waals surface area contributed by atoms with Crippen LogP contribution in [-0.2, 0) is 15.4 Å². The Morgan fingerprint density at radius 3 is 2.04 bits per heavy atom. The highest BCUT2D eigenvalue weighted by atomic mass is 32.2. The summed E-state index contributed by atoms with van der Waals surface area (Å²) in [7, 11) is -3.57. The summed E-state index contributed by atoms with van der Waals surface area (Å²) in [5.41, 5.74) is 1.98. The van der Waals surface area contributed by atoms with Gasteiger partial charge in [-0.2, -0.15) is 0 Å². The second-order valence-electron chi connectivity index (χ2n) is 7.12. The fourth-order valence-electron chi connectivity index (χ4n) is 2.52. The molecule has 4 nitrogen and oxygen atoms in total. The molecule has 1 atom stereocenters. The minimum atomic E-state index is -3.57. The quantitative estimate of drug-likeness (QED) is 0.828. The van der Waals surface area contributed by atoms with E-state index in [-0.39, 0.29) is 16.4 Å². The van der Waals surface area contributed by atoms with Crippen molar-refractivity contribution in [3.8, 4) is 5.75 Å². The molecular formula is C20H27NO3S. The van der Waals surface area contributed by atoms with Gasteiger partial charge in [-0.25, -0.2) is 13.1 Å². The Labute approximate surface area is 151 Å². The van der Waals surface area contributed by atoms with Crippen LogP contribution in [0.3, 0.4) is 0 Å².